The van der Waals surface area contributed by atoms with Crippen LogP contribution in [0.4, 0.5) is 5.69 Å². The Balaban J connectivity index is 1.82. The molecular formula is C17H17NO3. The molecule has 1 unspecified atom stereocenters. The van der Waals surface area contributed by atoms with Gasteiger partial charge in [0.05, 0.1) is 11.8 Å². The zero-order chi connectivity index (χ0) is 14.8. The van der Waals surface area contributed by atoms with Gasteiger partial charge in [-0.3, -0.25) is 4.79 Å². The first-order valence-electron chi connectivity index (χ1n) is 6.92. The Morgan fingerprint density at radius 3 is 2.90 bits per heavy atom. The van der Waals surface area contributed by atoms with Crippen LogP contribution in [0.25, 0.3) is 0 Å². The summed E-state index contributed by atoms with van der Waals surface area (Å²) in [4.78, 5) is 11.3. The molecule has 2 aromatic carbocycles. The molecule has 1 amide bonds. The molecule has 108 valence electrons. The average molecular weight is 283 g/mol. The second-order valence-electron chi connectivity index (χ2n) is 5.24. The van der Waals surface area contributed by atoms with Crippen LogP contribution in [0.15, 0.2) is 42.5 Å². The minimum absolute atomic E-state index is 0.0398. The highest BCUT2D eigenvalue weighted by Crippen LogP contribution is 2.31. The highest BCUT2D eigenvalue weighted by Gasteiger charge is 2.18. The van der Waals surface area contributed by atoms with Gasteiger partial charge in [-0.2, -0.15) is 0 Å². The van der Waals surface area contributed by atoms with Gasteiger partial charge < -0.3 is 15.2 Å². The lowest BCUT2D eigenvalue weighted by Crippen LogP contribution is -2.25. The van der Waals surface area contributed by atoms with Gasteiger partial charge in [-0.05, 0) is 35.7 Å². The topological polar surface area (TPSA) is 58.6 Å². The first kappa shape index (κ1) is 13.6. The second kappa shape index (κ2) is 5.58. The van der Waals surface area contributed by atoms with Crippen LogP contribution in [0, 0.1) is 6.92 Å². The maximum atomic E-state index is 11.3. The maximum absolute atomic E-state index is 11.3. The molecule has 4 nitrogen and oxygen atoms in total. The van der Waals surface area contributed by atoms with E-state index in [1.807, 2.05) is 37.3 Å². The van der Waals surface area contributed by atoms with Crippen molar-refractivity contribution in [1.82, 2.24) is 0 Å². The average Bonchev–Trinajstić information content (AvgIpc) is 2.48. The summed E-state index contributed by atoms with van der Waals surface area (Å²) in [7, 11) is 0. The predicted molar refractivity (Wildman–Crippen MR) is 80.4 cm³/mol. The van der Waals surface area contributed by atoms with E-state index >= 15 is 0 Å². The standard InChI is InChI=1S/C17H17NO3/c1-11-4-2-3-5-12(11)9-15(19)13-6-7-16-14(8-13)18-17(20)10-21-16/h2-8,15,19H,9-10H2,1H3,(H,18,20). The molecule has 1 aliphatic rings. The number of rotatable bonds is 3. The summed E-state index contributed by atoms with van der Waals surface area (Å²) in [5.41, 5.74) is 3.66. The Labute approximate surface area is 123 Å². The van der Waals surface area contributed by atoms with Crippen molar-refractivity contribution in [2.75, 3.05) is 11.9 Å². The van der Waals surface area contributed by atoms with Crippen molar-refractivity contribution in [3.05, 3.63) is 59.2 Å². The van der Waals surface area contributed by atoms with Gasteiger partial charge in [-0.25, -0.2) is 0 Å². The third kappa shape index (κ3) is 2.90. The highest BCUT2D eigenvalue weighted by atomic mass is 16.5. The summed E-state index contributed by atoms with van der Waals surface area (Å²) < 4.78 is 5.31. The Bertz CT molecular complexity index is 681. The van der Waals surface area contributed by atoms with Crippen LogP contribution < -0.4 is 10.1 Å². The molecule has 2 N–H and O–H groups in total. The molecule has 21 heavy (non-hydrogen) atoms. The van der Waals surface area contributed by atoms with Gasteiger partial charge in [-0.1, -0.05) is 30.3 Å². The number of carbonyl (C=O) groups is 1. The zero-order valence-electron chi connectivity index (χ0n) is 11.8. The summed E-state index contributed by atoms with van der Waals surface area (Å²) >= 11 is 0. The lowest BCUT2D eigenvalue weighted by Gasteiger charge is -2.20. The molecule has 1 aliphatic heterocycles. The number of carbonyl (C=O) groups excluding carboxylic acids is 1. The van der Waals surface area contributed by atoms with E-state index in [-0.39, 0.29) is 12.5 Å². The maximum Gasteiger partial charge on any atom is 0.262 e. The third-order valence-electron chi connectivity index (χ3n) is 3.70. The van der Waals surface area contributed by atoms with E-state index < -0.39 is 6.10 Å². The molecule has 0 aromatic heterocycles. The molecule has 0 aliphatic carbocycles. The number of anilines is 1. The van der Waals surface area contributed by atoms with Gasteiger partial charge in [0.25, 0.3) is 5.91 Å². The van der Waals surface area contributed by atoms with Gasteiger partial charge in [0.1, 0.15) is 5.75 Å². The van der Waals surface area contributed by atoms with E-state index in [1.54, 1.807) is 12.1 Å². The molecular weight excluding hydrogens is 266 g/mol. The Morgan fingerprint density at radius 2 is 2.10 bits per heavy atom. The quantitative estimate of drug-likeness (QED) is 0.910. The number of aliphatic hydroxyl groups excluding tert-OH is 1. The molecule has 3 rings (SSSR count). The van der Waals surface area contributed by atoms with Gasteiger partial charge >= 0.3 is 0 Å². The molecule has 2 aromatic rings. The fourth-order valence-corrected chi connectivity index (χ4v) is 2.47. The van der Waals surface area contributed by atoms with Crippen molar-refractivity contribution in [1.29, 1.82) is 0 Å². The summed E-state index contributed by atoms with van der Waals surface area (Å²) in [6, 6.07) is 13.4. The SMILES string of the molecule is Cc1ccccc1CC(O)c1ccc2c(c1)NC(=O)CO2. The molecule has 4 heteroatoms. The van der Waals surface area contributed by atoms with Crippen molar-refractivity contribution >= 4 is 11.6 Å². The minimum atomic E-state index is -0.616. The number of amides is 1. The van der Waals surface area contributed by atoms with Gasteiger partial charge in [-0.15, -0.1) is 0 Å². The van der Waals surface area contributed by atoms with E-state index in [4.69, 9.17) is 4.74 Å². The van der Waals surface area contributed by atoms with Gasteiger partial charge in [0, 0.05) is 6.42 Å². The number of hydrogen-bond donors (Lipinski definition) is 2. The molecule has 0 spiro atoms. The summed E-state index contributed by atoms with van der Waals surface area (Å²) in [6.07, 6.45) is -0.0736. The lowest BCUT2D eigenvalue weighted by atomic mass is 9.97. The minimum Gasteiger partial charge on any atom is -0.482 e. The largest absolute Gasteiger partial charge is 0.482 e. The fraction of sp³-hybridized carbons (Fsp3) is 0.235. The van der Waals surface area contributed by atoms with Crippen LogP contribution in [0.3, 0.4) is 0 Å². The van der Waals surface area contributed by atoms with Crippen molar-refractivity contribution in [2.24, 2.45) is 0 Å². The molecule has 0 radical (unpaired) electrons. The van der Waals surface area contributed by atoms with Crippen LogP contribution >= 0.6 is 0 Å². The molecule has 0 fully saturated rings. The van der Waals surface area contributed by atoms with Crippen LogP contribution in [0.2, 0.25) is 0 Å². The van der Waals surface area contributed by atoms with Crippen LogP contribution in [0.5, 0.6) is 5.75 Å². The molecule has 1 heterocycles. The molecule has 0 saturated heterocycles. The van der Waals surface area contributed by atoms with E-state index in [1.165, 1.54) is 0 Å². The first-order chi connectivity index (χ1) is 10.1. The second-order valence-corrected chi connectivity index (χ2v) is 5.24. The van der Waals surface area contributed by atoms with Crippen LogP contribution in [-0.2, 0) is 11.2 Å². The molecule has 0 bridgehead atoms. The van der Waals surface area contributed by atoms with E-state index in [2.05, 4.69) is 5.32 Å². The van der Waals surface area contributed by atoms with Crippen LogP contribution in [-0.4, -0.2) is 17.6 Å². The summed E-state index contributed by atoms with van der Waals surface area (Å²) in [5, 5.41) is 13.2. The van der Waals surface area contributed by atoms with Gasteiger partial charge in [0.15, 0.2) is 6.61 Å². The fourth-order valence-electron chi connectivity index (χ4n) is 2.47. The predicted octanol–water partition coefficient (Wildman–Crippen LogP) is 2.60. The number of aryl methyl sites for hydroxylation is 1. The van der Waals surface area contributed by atoms with Crippen LogP contribution in [0.1, 0.15) is 22.8 Å². The number of hydrogen-bond acceptors (Lipinski definition) is 3. The van der Waals surface area contributed by atoms with Gasteiger partial charge in [0.2, 0.25) is 0 Å². The molecule has 0 saturated carbocycles. The van der Waals surface area contributed by atoms with Crippen molar-refractivity contribution in [2.45, 2.75) is 19.4 Å². The third-order valence-corrected chi connectivity index (χ3v) is 3.70. The van der Waals surface area contributed by atoms with Crippen molar-refractivity contribution < 1.29 is 14.6 Å². The number of fused-ring (bicyclic) bond motifs is 1. The zero-order valence-corrected chi connectivity index (χ0v) is 11.8. The highest BCUT2D eigenvalue weighted by molar-refractivity contribution is 5.95. The number of nitrogens with one attached hydrogen (secondary N) is 1. The Kier molecular flexibility index (Phi) is 3.62. The number of ether oxygens (including phenoxy) is 1. The van der Waals surface area contributed by atoms with Crippen molar-refractivity contribution in [3.8, 4) is 5.75 Å². The lowest BCUT2D eigenvalue weighted by molar-refractivity contribution is -0.118. The summed E-state index contributed by atoms with van der Waals surface area (Å²) in [5.74, 6) is 0.467. The Hall–Kier alpha value is -2.33. The van der Waals surface area contributed by atoms with E-state index in [0.29, 0.717) is 17.9 Å². The van der Waals surface area contributed by atoms with E-state index in [9.17, 15) is 9.90 Å². The first-order valence-corrected chi connectivity index (χ1v) is 6.92. The number of benzene rings is 2. The molecule has 1 atom stereocenters. The Morgan fingerprint density at radius 1 is 1.29 bits per heavy atom. The smallest absolute Gasteiger partial charge is 0.262 e. The van der Waals surface area contributed by atoms with E-state index in [0.717, 1.165) is 16.7 Å². The summed E-state index contributed by atoms with van der Waals surface area (Å²) in [6.45, 7) is 2.07. The van der Waals surface area contributed by atoms with Crippen molar-refractivity contribution in [3.63, 3.8) is 0 Å². The normalized spacial score (nSPS) is 14.9. The monoisotopic (exact) mass is 283 g/mol. The number of aliphatic hydroxyl groups is 1.